The molecule has 1 amide bonds. The lowest BCUT2D eigenvalue weighted by atomic mass is 10.0. The lowest BCUT2D eigenvalue weighted by Crippen LogP contribution is -2.21. The molecule has 1 aliphatic rings. The van der Waals surface area contributed by atoms with E-state index < -0.39 is 18.1 Å². The first-order chi connectivity index (χ1) is 17.3. The Bertz CT molecular complexity index is 1470. The number of rotatable bonds is 3. The number of hydrogen-bond acceptors (Lipinski definition) is 6. The van der Waals surface area contributed by atoms with Crippen molar-refractivity contribution in [2.75, 3.05) is 0 Å². The number of aromatic nitrogens is 1. The number of halogens is 5. The van der Waals surface area contributed by atoms with Crippen molar-refractivity contribution in [1.29, 1.82) is 0 Å². The number of nitrogens with zero attached hydrogens (tertiary/aromatic N) is 2. The number of fused-ring (bicyclic) bond motifs is 1. The third-order valence-electron chi connectivity index (χ3n) is 4.53. The number of nitrogens with one attached hydrogen (secondary N) is 1. The van der Waals surface area contributed by atoms with Gasteiger partial charge in [0, 0.05) is 11.1 Å². The van der Waals surface area contributed by atoms with Gasteiger partial charge in [-0.1, -0.05) is 35.3 Å². The van der Waals surface area contributed by atoms with Crippen LogP contribution in [0.3, 0.4) is 0 Å². The number of carbonyl (C=O) groups excluding carboxylic acids is 1. The van der Waals surface area contributed by atoms with Crippen LogP contribution in [0.1, 0.15) is 21.6 Å². The van der Waals surface area contributed by atoms with Crippen molar-refractivity contribution in [1.82, 2.24) is 10.3 Å². The van der Waals surface area contributed by atoms with Gasteiger partial charge in [-0.15, -0.1) is 0 Å². The molecule has 3 N–H and O–H groups in total. The normalized spacial score (nSPS) is 15.5. The average molecular weight is 572 g/mol. The van der Waals surface area contributed by atoms with Crippen LogP contribution >= 0.6 is 35.0 Å². The average Bonchev–Trinajstić information content (AvgIpc) is 3.14. The number of aryl methyl sites for hydroxylation is 1. The van der Waals surface area contributed by atoms with Gasteiger partial charge in [0.1, 0.15) is 5.69 Å². The molecule has 1 fully saturated rings. The van der Waals surface area contributed by atoms with E-state index in [9.17, 15) is 27.9 Å². The van der Waals surface area contributed by atoms with Crippen LogP contribution in [-0.4, -0.2) is 44.4 Å². The molecule has 0 bridgehead atoms. The standard InChI is InChI=1S/C21H13Cl2N3O3S.C2HF3O2/c1-10-7-13(20(28)29)12-8-11(5-6-16(12)24-10)9-17-19(27)26-21(30-17)25-18-14(22)3-2-4-15(18)23;3-2(4,5)1(6)7/h2-9H,1H3,(H,28,29)(H,25,26,27);(H,6,7). The minimum Gasteiger partial charge on any atom is -0.478 e. The fourth-order valence-electron chi connectivity index (χ4n) is 2.97. The summed E-state index contributed by atoms with van der Waals surface area (Å²) >= 11 is 13.4. The van der Waals surface area contributed by atoms with Crippen LogP contribution in [0.25, 0.3) is 17.0 Å². The van der Waals surface area contributed by atoms with E-state index in [2.05, 4.69) is 15.3 Å². The molecule has 0 saturated carbocycles. The molecule has 1 saturated heterocycles. The van der Waals surface area contributed by atoms with Crippen LogP contribution in [0.4, 0.5) is 18.9 Å². The first kappa shape index (κ1) is 28.0. The van der Waals surface area contributed by atoms with Crippen molar-refractivity contribution >= 4 is 80.6 Å². The van der Waals surface area contributed by atoms with Gasteiger partial charge in [-0.25, -0.2) is 14.6 Å². The first-order valence-corrected chi connectivity index (χ1v) is 11.5. The van der Waals surface area contributed by atoms with E-state index in [1.165, 1.54) is 6.07 Å². The Labute approximate surface area is 220 Å². The summed E-state index contributed by atoms with van der Waals surface area (Å²) in [6.45, 7) is 1.74. The first-order valence-electron chi connectivity index (χ1n) is 9.94. The summed E-state index contributed by atoms with van der Waals surface area (Å²) in [6, 6.07) is 11.8. The third kappa shape index (κ3) is 7.00. The van der Waals surface area contributed by atoms with E-state index in [1.54, 1.807) is 49.4 Å². The fraction of sp³-hybridized carbons (Fsp3) is 0.0870. The number of aromatic carboxylic acids is 1. The molecule has 14 heteroatoms. The Kier molecular flexibility index (Phi) is 8.46. The molecule has 37 heavy (non-hydrogen) atoms. The van der Waals surface area contributed by atoms with Crippen LogP contribution in [0.5, 0.6) is 0 Å². The lowest BCUT2D eigenvalue weighted by molar-refractivity contribution is -0.192. The second-order valence-electron chi connectivity index (χ2n) is 7.25. The Morgan fingerprint density at radius 2 is 1.73 bits per heavy atom. The molecular weight excluding hydrogens is 558 g/mol. The van der Waals surface area contributed by atoms with Crippen LogP contribution in [-0.2, 0) is 9.59 Å². The van der Waals surface area contributed by atoms with E-state index >= 15 is 0 Å². The van der Waals surface area contributed by atoms with E-state index in [-0.39, 0.29) is 11.5 Å². The number of alkyl halides is 3. The number of aliphatic imine (C=N–C) groups is 1. The summed E-state index contributed by atoms with van der Waals surface area (Å²) < 4.78 is 31.7. The number of thioether (sulfide) groups is 1. The highest BCUT2D eigenvalue weighted by molar-refractivity contribution is 8.18. The van der Waals surface area contributed by atoms with E-state index in [1.807, 2.05) is 0 Å². The monoisotopic (exact) mass is 571 g/mol. The molecule has 4 rings (SSSR count). The summed E-state index contributed by atoms with van der Waals surface area (Å²) in [4.78, 5) is 42.0. The topological polar surface area (TPSA) is 129 Å². The SMILES string of the molecule is Cc1cc(C(=O)O)c2cc(C=C3SC(=Nc4c(Cl)cccc4Cl)NC3=O)ccc2n1.O=C(O)C(F)(F)F. The zero-order valence-electron chi connectivity index (χ0n) is 18.4. The van der Waals surface area contributed by atoms with E-state index in [0.29, 0.717) is 48.0 Å². The number of para-hydroxylation sites is 1. The molecule has 0 atom stereocenters. The van der Waals surface area contributed by atoms with Crippen LogP contribution in [0, 0.1) is 6.92 Å². The van der Waals surface area contributed by atoms with Gasteiger partial charge < -0.3 is 15.5 Å². The van der Waals surface area contributed by atoms with Crippen molar-refractivity contribution < 1.29 is 37.8 Å². The molecule has 192 valence electrons. The predicted molar refractivity (Wildman–Crippen MR) is 134 cm³/mol. The van der Waals surface area contributed by atoms with Crippen LogP contribution in [0.2, 0.25) is 10.0 Å². The lowest BCUT2D eigenvalue weighted by Gasteiger charge is -2.05. The number of amidine groups is 1. The molecule has 2 aromatic carbocycles. The number of pyridine rings is 1. The van der Waals surface area contributed by atoms with Crippen molar-refractivity contribution in [3.05, 3.63) is 74.2 Å². The molecule has 8 nitrogen and oxygen atoms in total. The quantitative estimate of drug-likeness (QED) is 0.325. The van der Waals surface area contributed by atoms with Gasteiger partial charge >= 0.3 is 18.1 Å². The number of aliphatic carboxylic acids is 1. The Hall–Kier alpha value is -3.61. The highest BCUT2D eigenvalue weighted by Crippen LogP contribution is 2.36. The van der Waals surface area contributed by atoms with Crippen molar-refractivity contribution in [2.45, 2.75) is 13.1 Å². The van der Waals surface area contributed by atoms with Crippen molar-refractivity contribution in [2.24, 2.45) is 4.99 Å². The Balaban J connectivity index is 0.000000479. The number of hydrogen-bond donors (Lipinski definition) is 3. The van der Waals surface area contributed by atoms with Gasteiger partial charge in [-0.3, -0.25) is 9.78 Å². The molecule has 2 heterocycles. The number of amides is 1. The predicted octanol–water partition coefficient (Wildman–Crippen LogP) is 6.07. The number of carbonyl (C=O) groups is 3. The fourth-order valence-corrected chi connectivity index (χ4v) is 4.28. The molecule has 0 unspecified atom stereocenters. The zero-order chi connectivity index (χ0) is 27.5. The summed E-state index contributed by atoms with van der Waals surface area (Å²) in [6.07, 6.45) is -3.42. The molecule has 3 aromatic rings. The minimum atomic E-state index is -5.08. The Morgan fingerprint density at radius 3 is 2.30 bits per heavy atom. The maximum atomic E-state index is 12.4. The summed E-state index contributed by atoms with van der Waals surface area (Å²) in [5.74, 6) is -4.11. The Morgan fingerprint density at radius 1 is 1.11 bits per heavy atom. The smallest absolute Gasteiger partial charge is 0.478 e. The van der Waals surface area contributed by atoms with Gasteiger partial charge in [0.2, 0.25) is 0 Å². The summed E-state index contributed by atoms with van der Waals surface area (Å²) in [5.41, 5.74) is 2.41. The molecule has 0 aliphatic carbocycles. The van der Waals surface area contributed by atoms with E-state index in [0.717, 1.165) is 11.8 Å². The van der Waals surface area contributed by atoms with Crippen molar-refractivity contribution in [3.8, 4) is 0 Å². The number of benzene rings is 2. The molecular formula is C23H14Cl2F3N3O5S. The summed E-state index contributed by atoms with van der Waals surface area (Å²) in [7, 11) is 0. The highest BCUT2D eigenvalue weighted by Gasteiger charge is 2.38. The second-order valence-corrected chi connectivity index (χ2v) is 9.09. The van der Waals surface area contributed by atoms with E-state index in [4.69, 9.17) is 33.1 Å². The second kappa shape index (κ2) is 11.2. The maximum absolute atomic E-state index is 12.4. The largest absolute Gasteiger partial charge is 0.490 e. The molecule has 0 radical (unpaired) electrons. The van der Waals surface area contributed by atoms with Gasteiger partial charge in [-0.2, -0.15) is 13.2 Å². The van der Waals surface area contributed by atoms with Crippen LogP contribution in [0.15, 0.2) is 52.4 Å². The number of carboxylic acid groups (broad SMARTS) is 2. The maximum Gasteiger partial charge on any atom is 0.490 e. The minimum absolute atomic E-state index is 0.164. The summed E-state index contributed by atoms with van der Waals surface area (Å²) in [5, 5.41) is 20.9. The number of carboxylic acids is 2. The van der Waals surface area contributed by atoms with Gasteiger partial charge in [-0.05, 0) is 60.7 Å². The molecule has 1 aromatic heterocycles. The van der Waals surface area contributed by atoms with Gasteiger partial charge in [0.05, 0.1) is 26.0 Å². The van der Waals surface area contributed by atoms with Crippen molar-refractivity contribution in [3.63, 3.8) is 0 Å². The van der Waals surface area contributed by atoms with Gasteiger partial charge in [0.15, 0.2) is 5.17 Å². The highest BCUT2D eigenvalue weighted by atomic mass is 35.5. The van der Waals surface area contributed by atoms with Gasteiger partial charge in [0.25, 0.3) is 5.91 Å². The zero-order valence-corrected chi connectivity index (χ0v) is 20.8. The molecule has 0 spiro atoms. The molecule has 1 aliphatic heterocycles. The third-order valence-corrected chi connectivity index (χ3v) is 6.05. The van der Waals surface area contributed by atoms with Crippen LogP contribution < -0.4 is 5.32 Å².